The van der Waals surface area contributed by atoms with E-state index in [1.54, 1.807) is 0 Å². The van der Waals surface area contributed by atoms with Gasteiger partial charge < -0.3 is 10.3 Å². The highest BCUT2D eigenvalue weighted by atomic mass is 15.0. The van der Waals surface area contributed by atoms with Crippen LogP contribution in [0.15, 0.2) is 36.4 Å². The third-order valence-electron chi connectivity index (χ3n) is 2.68. The van der Waals surface area contributed by atoms with Crippen LogP contribution in [0.4, 0.5) is 0 Å². The van der Waals surface area contributed by atoms with Crippen LogP contribution in [0.1, 0.15) is 17.0 Å². The van der Waals surface area contributed by atoms with Gasteiger partial charge in [-0.05, 0) is 43.7 Å². The minimum absolute atomic E-state index is 0.590. The highest BCUT2D eigenvalue weighted by Gasteiger charge is 2.03. The van der Waals surface area contributed by atoms with E-state index in [-0.39, 0.29) is 0 Å². The molecule has 0 saturated carbocycles. The van der Waals surface area contributed by atoms with E-state index in [9.17, 15) is 0 Å². The molecule has 0 atom stereocenters. The normalized spacial score (nSPS) is 10.6. The Hall–Kier alpha value is -1.54. The molecule has 1 heterocycles. The lowest BCUT2D eigenvalue weighted by molar-refractivity contribution is 0.956. The molecule has 0 unspecified atom stereocenters. The van der Waals surface area contributed by atoms with Gasteiger partial charge >= 0.3 is 0 Å². The highest BCUT2D eigenvalue weighted by Crippen LogP contribution is 2.17. The first-order valence-corrected chi connectivity index (χ1v) is 5.16. The predicted molar refractivity (Wildman–Crippen MR) is 63.1 cm³/mol. The molecule has 0 radical (unpaired) electrons. The van der Waals surface area contributed by atoms with Crippen LogP contribution in [0, 0.1) is 13.8 Å². The Morgan fingerprint density at radius 3 is 2.33 bits per heavy atom. The molecule has 2 N–H and O–H groups in total. The van der Waals surface area contributed by atoms with Gasteiger partial charge in [0.1, 0.15) is 0 Å². The SMILES string of the molecule is Cc1ccc(C)n1-c1cccc(CN)c1. The molecule has 0 amide bonds. The van der Waals surface area contributed by atoms with Gasteiger partial charge in [0.2, 0.25) is 0 Å². The van der Waals surface area contributed by atoms with Gasteiger partial charge in [-0.25, -0.2) is 0 Å². The lowest BCUT2D eigenvalue weighted by Gasteiger charge is -2.10. The summed E-state index contributed by atoms with van der Waals surface area (Å²) in [6, 6.07) is 12.6. The van der Waals surface area contributed by atoms with Crippen LogP contribution in [0.3, 0.4) is 0 Å². The Bertz CT molecular complexity index is 450. The van der Waals surface area contributed by atoms with Crippen LogP contribution < -0.4 is 5.73 Å². The second-order valence-corrected chi connectivity index (χ2v) is 3.83. The number of hydrogen-bond donors (Lipinski definition) is 1. The van der Waals surface area contributed by atoms with Crippen LogP contribution in [-0.2, 0) is 6.54 Å². The first-order chi connectivity index (χ1) is 7.22. The minimum Gasteiger partial charge on any atom is -0.326 e. The average molecular weight is 200 g/mol. The van der Waals surface area contributed by atoms with Crippen LogP contribution in [0.25, 0.3) is 5.69 Å². The summed E-state index contributed by atoms with van der Waals surface area (Å²) in [6.45, 7) is 4.82. The first-order valence-electron chi connectivity index (χ1n) is 5.16. The van der Waals surface area contributed by atoms with Crippen LogP contribution >= 0.6 is 0 Å². The standard InChI is InChI=1S/C13H16N2/c1-10-6-7-11(2)15(10)13-5-3-4-12(8-13)9-14/h3-8H,9,14H2,1-2H3. The fourth-order valence-electron chi connectivity index (χ4n) is 1.90. The largest absolute Gasteiger partial charge is 0.326 e. The number of benzene rings is 1. The number of hydrogen-bond acceptors (Lipinski definition) is 1. The zero-order chi connectivity index (χ0) is 10.8. The van der Waals surface area contributed by atoms with Gasteiger partial charge in [0.25, 0.3) is 0 Å². The van der Waals surface area contributed by atoms with Crippen molar-refractivity contribution in [3.63, 3.8) is 0 Å². The van der Waals surface area contributed by atoms with Gasteiger partial charge in [-0.1, -0.05) is 12.1 Å². The Morgan fingerprint density at radius 2 is 1.73 bits per heavy atom. The van der Waals surface area contributed by atoms with Crippen LogP contribution in [0.2, 0.25) is 0 Å². The van der Waals surface area contributed by atoms with Gasteiger partial charge in [-0.3, -0.25) is 0 Å². The monoisotopic (exact) mass is 200 g/mol. The maximum Gasteiger partial charge on any atom is 0.0458 e. The average Bonchev–Trinajstić information content (AvgIpc) is 2.59. The summed E-state index contributed by atoms with van der Waals surface area (Å²) in [6.07, 6.45) is 0. The third kappa shape index (κ3) is 1.81. The Kier molecular flexibility index (Phi) is 2.60. The molecule has 1 aromatic heterocycles. The summed E-state index contributed by atoms with van der Waals surface area (Å²) in [5.41, 5.74) is 10.5. The topological polar surface area (TPSA) is 30.9 Å². The molecule has 0 bridgehead atoms. The van der Waals surface area contributed by atoms with Gasteiger partial charge in [0.15, 0.2) is 0 Å². The Balaban J connectivity index is 2.53. The molecule has 2 nitrogen and oxygen atoms in total. The van der Waals surface area contributed by atoms with E-state index < -0.39 is 0 Å². The van der Waals surface area contributed by atoms with Gasteiger partial charge in [-0.15, -0.1) is 0 Å². The molecule has 2 aromatic rings. The first kappa shape index (κ1) is 9.99. The van der Waals surface area contributed by atoms with E-state index in [0.717, 1.165) is 0 Å². The lowest BCUT2D eigenvalue weighted by Crippen LogP contribution is -2.01. The summed E-state index contributed by atoms with van der Waals surface area (Å²) in [5, 5.41) is 0. The van der Waals surface area contributed by atoms with Crippen molar-refractivity contribution in [2.75, 3.05) is 0 Å². The zero-order valence-electron chi connectivity index (χ0n) is 9.20. The number of aromatic nitrogens is 1. The summed E-state index contributed by atoms with van der Waals surface area (Å²) in [7, 11) is 0. The molecular formula is C13H16N2. The van der Waals surface area contributed by atoms with Crippen molar-refractivity contribution in [3.05, 3.63) is 53.3 Å². The molecule has 2 heteroatoms. The summed E-state index contributed by atoms with van der Waals surface area (Å²) in [5.74, 6) is 0. The maximum atomic E-state index is 5.64. The molecule has 0 saturated heterocycles. The van der Waals surface area contributed by atoms with E-state index in [4.69, 9.17) is 5.73 Å². The predicted octanol–water partition coefficient (Wildman–Crippen LogP) is 2.55. The van der Waals surface area contributed by atoms with Gasteiger partial charge in [-0.2, -0.15) is 0 Å². The molecule has 1 aromatic carbocycles. The lowest BCUT2D eigenvalue weighted by atomic mass is 10.2. The van der Waals surface area contributed by atoms with Crippen LogP contribution in [-0.4, -0.2) is 4.57 Å². The fourth-order valence-corrected chi connectivity index (χ4v) is 1.90. The molecule has 0 aliphatic carbocycles. The van der Waals surface area contributed by atoms with Gasteiger partial charge in [0, 0.05) is 23.6 Å². The Morgan fingerprint density at radius 1 is 1.07 bits per heavy atom. The second-order valence-electron chi connectivity index (χ2n) is 3.83. The molecule has 0 aliphatic heterocycles. The van der Waals surface area contributed by atoms with E-state index in [0.29, 0.717) is 6.54 Å². The van der Waals surface area contributed by atoms with E-state index in [1.807, 2.05) is 0 Å². The highest BCUT2D eigenvalue weighted by molar-refractivity contribution is 5.40. The van der Waals surface area contributed by atoms with Crippen molar-refractivity contribution < 1.29 is 0 Å². The van der Waals surface area contributed by atoms with Crippen molar-refractivity contribution in [3.8, 4) is 5.69 Å². The Labute approximate surface area is 90.3 Å². The molecule has 0 fully saturated rings. The van der Waals surface area contributed by atoms with Gasteiger partial charge in [0.05, 0.1) is 0 Å². The summed E-state index contributed by atoms with van der Waals surface area (Å²) < 4.78 is 2.24. The molecule has 0 aliphatic rings. The van der Waals surface area contributed by atoms with Crippen LogP contribution in [0.5, 0.6) is 0 Å². The molecule has 2 rings (SSSR count). The molecule has 15 heavy (non-hydrogen) atoms. The number of aryl methyl sites for hydroxylation is 2. The van der Waals surface area contributed by atoms with E-state index >= 15 is 0 Å². The third-order valence-corrected chi connectivity index (χ3v) is 2.68. The second kappa shape index (κ2) is 3.91. The quantitative estimate of drug-likeness (QED) is 0.793. The molecule has 0 spiro atoms. The van der Waals surface area contributed by atoms with Crippen molar-refractivity contribution in [1.82, 2.24) is 4.57 Å². The summed E-state index contributed by atoms with van der Waals surface area (Å²) >= 11 is 0. The maximum absolute atomic E-state index is 5.64. The number of nitrogens with two attached hydrogens (primary N) is 1. The van der Waals surface area contributed by atoms with Crippen molar-refractivity contribution in [1.29, 1.82) is 0 Å². The van der Waals surface area contributed by atoms with Crippen molar-refractivity contribution >= 4 is 0 Å². The van der Waals surface area contributed by atoms with Crippen molar-refractivity contribution in [2.24, 2.45) is 5.73 Å². The van der Waals surface area contributed by atoms with E-state index in [2.05, 4.69) is 54.8 Å². The van der Waals surface area contributed by atoms with E-state index in [1.165, 1.54) is 22.6 Å². The molecular weight excluding hydrogens is 184 g/mol. The fraction of sp³-hybridized carbons (Fsp3) is 0.231. The minimum atomic E-state index is 0.590. The molecule has 78 valence electrons. The van der Waals surface area contributed by atoms with Crippen molar-refractivity contribution in [2.45, 2.75) is 20.4 Å². The smallest absolute Gasteiger partial charge is 0.0458 e. The summed E-state index contributed by atoms with van der Waals surface area (Å²) in [4.78, 5) is 0. The number of nitrogens with zero attached hydrogens (tertiary/aromatic N) is 1. The zero-order valence-corrected chi connectivity index (χ0v) is 9.20. The number of rotatable bonds is 2.